The number of nitrogens with zero attached hydrogens (tertiary/aromatic N) is 4. The Kier molecular flexibility index (Phi) is 5.12. The monoisotopic (exact) mass is 372 g/mol. The molecule has 2 atom stereocenters. The van der Waals surface area contributed by atoms with Crippen molar-refractivity contribution in [3.63, 3.8) is 0 Å². The molecular weight excluding hydrogens is 348 g/mol. The molecule has 1 saturated carbocycles. The number of ether oxygens (including phenoxy) is 1. The van der Waals surface area contributed by atoms with Crippen LogP contribution in [0.5, 0.6) is 0 Å². The first-order valence-corrected chi connectivity index (χ1v) is 10.3. The summed E-state index contributed by atoms with van der Waals surface area (Å²) >= 11 is 0. The molecule has 0 spiro atoms. The molecule has 25 heavy (non-hydrogen) atoms. The fourth-order valence-corrected chi connectivity index (χ4v) is 3.72. The highest BCUT2D eigenvalue weighted by Gasteiger charge is 2.35. The van der Waals surface area contributed by atoms with Crippen LogP contribution in [0.1, 0.15) is 43.5 Å². The number of aromatic nitrogens is 2. The van der Waals surface area contributed by atoms with E-state index in [1.165, 1.54) is 4.31 Å². The number of rotatable bonds is 7. The van der Waals surface area contributed by atoms with Crippen LogP contribution in [0.25, 0.3) is 0 Å². The maximum absolute atomic E-state index is 12.3. The normalized spacial score (nSPS) is 24.0. The van der Waals surface area contributed by atoms with Gasteiger partial charge in [-0.1, -0.05) is 5.16 Å². The van der Waals surface area contributed by atoms with Crippen LogP contribution in [0.2, 0.25) is 0 Å². The zero-order chi connectivity index (χ0) is 18.2. The van der Waals surface area contributed by atoms with Crippen molar-refractivity contribution in [1.82, 2.24) is 19.3 Å². The molecule has 0 bridgehead atoms. The molecular formula is C15H24N4O5S. The van der Waals surface area contributed by atoms with Crippen molar-refractivity contribution in [3.05, 3.63) is 11.7 Å². The van der Waals surface area contributed by atoms with Gasteiger partial charge < -0.3 is 14.2 Å². The standard InChI is InChI=1S/C15H24N4O5S/c1-10-16-15(24-17-10)13-7-6-12(23-13)8-19(25(3,21)22)9-14(20)18(2)11-4-5-11/h11-13H,4-9H2,1-3H3/t12-,13+/m1/s1. The van der Waals surface area contributed by atoms with E-state index >= 15 is 0 Å². The number of carbonyl (C=O) groups is 1. The molecule has 1 aromatic rings. The maximum Gasteiger partial charge on any atom is 0.255 e. The third-order valence-corrected chi connectivity index (χ3v) is 5.82. The average Bonchev–Trinajstić information content (AvgIpc) is 3.13. The van der Waals surface area contributed by atoms with Crippen molar-refractivity contribution in [1.29, 1.82) is 0 Å². The smallest absolute Gasteiger partial charge is 0.255 e. The molecule has 1 saturated heterocycles. The zero-order valence-electron chi connectivity index (χ0n) is 14.7. The van der Waals surface area contributed by atoms with Crippen LogP contribution in [-0.4, -0.2) is 72.2 Å². The Bertz CT molecular complexity index is 730. The number of hydrogen-bond donors (Lipinski definition) is 0. The summed E-state index contributed by atoms with van der Waals surface area (Å²) in [5.74, 6) is 0.763. The zero-order valence-corrected chi connectivity index (χ0v) is 15.5. The second-order valence-electron chi connectivity index (χ2n) is 6.80. The van der Waals surface area contributed by atoms with E-state index in [1.54, 1.807) is 18.9 Å². The minimum atomic E-state index is -3.51. The van der Waals surface area contributed by atoms with Crippen LogP contribution in [-0.2, 0) is 19.6 Å². The number of amides is 1. The Balaban J connectivity index is 1.60. The van der Waals surface area contributed by atoms with Gasteiger partial charge in [0.1, 0.15) is 6.10 Å². The molecule has 10 heteroatoms. The lowest BCUT2D eigenvalue weighted by Gasteiger charge is -2.25. The topological polar surface area (TPSA) is 106 Å². The first-order valence-electron chi connectivity index (χ1n) is 8.40. The van der Waals surface area contributed by atoms with Gasteiger partial charge in [0.15, 0.2) is 5.82 Å². The van der Waals surface area contributed by atoms with Crippen molar-refractivity contribution in [2.45, 2.75) is 50.9 Å². The van der Waals surface area contributed by atoms with Gasteiger partial charge in [0.05, 0.1) is 18.9 Å². The van der Waals surface area contributed by atoms with E-state index in [0.717, 1.165) is 19.1 Å². The Morgan fingerprint density at radius 2 is 2.00 bits per heavy atom. The van der Waals surface area contributed by atoms with E-state index in [1.807, 2.05) is 0 Å². The predicted octanol–water partition coefficient (Wildman–Crippen LogP) is 0.481. The molecule has 1 aliphatic heterocycles. The van der Waals surface area contributed by atoms with Crippen molar-refractivity contribution >= 4 is 15.9 Å². The second-order valence-corrected chi connectivity index (χ2v) is 8.78. The molecule has 3 rings (SSSR count). The molecule has 2 fully saturated rings. The van der Waals surface area contributed by atoms with Gasteiger partial charge in [0, 0.05) is 19.6 Å². The fraction of sp³-hybridized carbons (Fsp3) is 0.800. The van der Waals surface area contributed by atoms with Gasteiger partial charge in [-0.15, -0.1) is 0 Å². The lowest BCUT2D eigenvalue weighted by atomic mass is 10.2. The molecule has 2 heterocycles. The Labute approximate surface area is 147 Å². The molecule has 0 aromatic carbocycles. The Morgan fingerprint density at radius 1 is 1.28 bits per heavy atom. The highest BCUT2D eigenvalue weighted by atomic mass is 32.2. The minimum absolute atomic E-state index is 0.146. The molecule has 140 valence electrons. The van der Waals surface area contributed by atoms with Gasteiger partial charge in [-0.2, -0.15) is 9.29 Å². The molecule has 0 N–H and O–H groups in total. The Hall–Kier alpha value is -1.52. The molecule has 2 aliphatic rings. The summed E-state index contributed by atoms with van der Waals surface area (Å²) in [6, 6.07) is 0.252. The predicted molar refractivity (Wildman–Crippen MR) is 88.1 cm³/mol. The molecule has 9 nitrogen and oxygen atoms in total. The molecule has 1 aliphatic carbocycles. The van der Waals surface area contributed by atoms with Gasteiger partial charge >= 0.3 is 0 Å². The summed E-state index contributed by atoms with van der Waals surface area (Å²) in [7, 11) is -1.79. The van der Waals surface area contributed by atoms with Gasteiger partial charge in [-0.05, 0) is 32.6 Å². The molecule has 1 amide bonds. The third-order valence-electron chi connectivity index (χ3n) is 4.60. The van der Waals surface area contributed by atoms with E-state index in [9.17, 15) is 13.2 Å². The van der Waals surface area contributed by atoms with Crippen LogP contribution in [0.4, 0.5) is 0 Å². The van der Waals surface area contributed by atoms with Crippen LogP contribution >= 0.6 is 0 Å². The summed E-state index contributed by atoms with van der Waals surface area (Å²) < 4.78 is 36.3. The SMILES string of the molecule is Cc1noc([C@@H]2CC[C@H](CN(CC(=O)N(C)C3CC3)S(C)(=O)=O)O2)n1. The van der Waals surface area contributed by atoms with Gasteiger partial charge in [-0.3, -0.25) is 4.79 Å². The number of likely N-dealkylation sites (N-methyl/N-ethyl adjacent to an activating group) is 1. The summed E-state index contributed by atoms with van der Waals surface area (Å²) in [6.07, 6.45) is 3.81. The summed E-state index contributed by atoms with van der Waals surface area (Å²) in [5.41, 5.74) is 0. The first kappa shape index (κ1) is 18.3. The van der Waals surface area contributed by atoms with E-state index in [0.29, 0.717) is 24.6 Å². The largest absolute Gasteiger partial charge is 0.364 e. The number of aryl methyl sites for hydroxylation is 1. The minimum Gasteiger partial charge on any atom is -0.364 e. The van der Waals surface area contributed by atoms with Crippen LogP contribution in [0.15, 0.2) is 4.52 Å². The molecule has 1 aromatic heterocycles. The highest BCUT2D eigenvalue weighted by molar-refractivity contribution is 7.88. The summed E-state index contributed by atoms with van der Waals surface area (Å²) in [5, 5.41) is 3.75. The van der Waals surface area contributed by atoms with Crippen LogP contribution < -0.4 is 0 Å². The fourth-order valence-electron chi connectivity index (χ4n) is 2.94. The lowest BCUT2D eigenvalue weighted by Crippen LogP contribution is -2.44. The lowest BCUT2D eigenvalue weighted by molar-refractivity contribution is -0.130. The average molecular weight is 372 g/mol. The Morgan fingerprint density at radius 3 is 2.56 bits per heavy atom. The second kappa shape index (κ2) is 7.00. The van der Waals surface area contributed by atoms with Crippen LogP contribution in [0, 0.1) is 6.92 Å². The van der Waals surface area contributed by atoms with Crippen LogP contribution in [0.3, 0.4) is 0 Å². The first-order chi connectivity index (χ1) is 11.7. The number of hydrogen-bond acceptors (Lipinski definition) is 7. The summed E-state index contributed by atoms with van der Waals surface area (Å²) in [4.78, 5) is 18.1. The highest BCUT2D eigenvalue weighted by Crippen LogP contribution is 2.32. The van der Waals surface area contributed by atoms with E-state index in [4.69, 9.17) is 9.26 Å². The maximum atomic E-state index is 12.3. The van der Waals surface area contributed by atoms with Gasteiger partial charge in [0.2, 0.25) is 15.9 Å². The van der Waals surface area contributed by atoms with E-state index in [-0.39, 0.29) is 37.2 Å². The van der Waals surface area contributed by atoms with Crippen molar-refractivity contribution in [3.8, 4) is 0 Å². The molecule has 0 unspecified atom stereocenters. The van der Waals surface area contributed by atoms with Crippen molar-refractivity contribution < 1.29 is 22.5 Å². The van der Waals surface area contributed by atoms with Crippen molar-refractivity contribution in [2.24, 2.45) is 0 Å². The quantitative estimate of drug-likeness (QED) is 0.685. The molecule has 0 radical (unpaired) electrons. The third kappa shape index (κ3) is 4.56. The number of sulfonamides is 1. The van der Waals surface area contributed by atoms with Gasteiger partial charge in [0.25, 0.3) is 5.89 Å². The van der Waals surface area contributed by atoms with Gasteiger partial charge in [-0.25, -0.2) is 8.42 Å². The number of carbonyl (C=O) groups excluding carboxylic acids is 1. The summed E-state index contributed by atoms with van der Waals surface area (Å²) in [6.45, 7) is 1.72. The van der Waals surface area contributed by atoms with E-state index in [2.05, 4.69) is 10.1 Å². The van der Waals surface area contributed by atoms with Crippen molar-refractivity contribution in [2.75, 3.05) is 26.4 Å². The van der Waals surface area contributed by atoms with E-state index < -0.39 is 10.0 Å².